The second-order valence-corrected chi connectivity index (χ2v) is 7.34. The summed E-state index contributed by atoms with van der Waals surface area (Å²) in [4.78, 5) is 19.9. The maximum atomic E-state index is 11.4. The molecule has 0 radical (unpaired) electrons. The van der Waals surface area contributed by atoms with Crippen LogP contribution in [-0.4, -0.2) is 34.0 Å². The second kappa shape index (κ2) is 6.52. The molecular formula is C19H27N3O. The quantitative estimate of drug-likeness (QED) is 0.830. The Morgan fingerprint density at radius 3 is 2.30 bits per heavy atom. The van der Waals surface area contributed by atoms with E-state index in [1.54, 1.807) is 0 Å². The molecule has 1 aliphatic heterocycles. The van der Waals surface area contributed by atoms with Crippen molar-refractivity contribution in [3.8, 4) is 0 Å². The Labute approximate surface area is 137 Å². The lowest BCUT2D eigenvalue weighted by atomic mass is 9.88. The van der Waals surface area contributed by atoms with E-state index in [4.69, 9.17) is 0 Å². The first-order valence-electron chi connectivity index (χ1n) is 9.25. The van der Waals surface area contributed by atoms with Crippen LogP contribution in [0.4, 0.5) is 0 Å². The molecule has 0 unspecified atom stereocenters. The number of benzene rings is 1. The van der Waals surface area contributed by atoms with Crippen LogP contribution in [0.25, 0.3) is 11.0 Å². The third-order valence-corrected chi connectivity index (χ3v) is 5.88. The Balaban J connectivity index is 1.42. The first-order valence-corrected chi connectivity index (χ1v) is 9.25. The van der Waals surface area contributed by atoms with Crippen molar-refractivity contribution < 1.29 is 0 Å². The number of hydrogen-bond donors (Lipinski definition) is 2. The SMILES string of the molecule is O=c1[nH]c2ccc(C3CCN(C4CCCCCC4)CC3)cc2[nH]1. The summed E-state index contributed by atoms with van der Waals surface area (Å²) in [7, 11) is 0. The summed E-state index contributed by atoms with van der Waals surface area (Å²) in [5, 5.41) is 0. The number of H-pyrrole nitrogens is 2. The van der Waals surface area contributed by atoms with Gasteiger partial charge in [-0.2, -0.15) is 0 Å². The van der Waals surface area contributed by atoms with Gasteiger partial charge in [0, 0.05) is 6.04 Å². The lowest BCUT2D eigenvalue weighted by Gasteiger charge is -2.37. The van der Waals surface area contributed by atoms with Gasteiger partial charge in [0.2, 0.25) is 0 Å². The summed E-state index contributed by atoms with van der Waals surface area (Å²) < 4.78 is 0. The average molecular weight is 313 g/mol. The summed E-state index contributed by atoms with van der Waals surface area (Å²) in [6.45, 7) is 2.47. The van der Waals surface area contributed by atoms with Gasteiger partial charge in [0.05, 0.1) is 11.0 Å². The molecule has 1 saturated heterocycles. The fourth-order valence-electron chi connectivity index (χ4n) is 4.53. The molecule has 124 valence electrons. The molecule has 0 spiro atoms. The Bertz CT molecular complexity index is 701. The standard InChI is InChI=1S/C19H27N3O/c23-19-20-17-8-7-15(13-18(17)21-19)14-9-11-22(12-10-14)16-5-3-1-2-4-6-16/h7-8,13-14,16H,1-6,9-12H2,(H2,20,21,23). The Morgan fingerprint density at radius 2 is 1.57 bits per heavy atom. The molecule has 4 rings (SSSR count). The lowest BCUT2D eigenvalue weighted by Crippen LogP contribution is -2.40. The Morgan fingerprint density at radius 1 is 0.870 bits per heavy atom. The minimum absolute atomic E-state index is 0.111. The van der Waals surface area contributed by atoms with Crippen molar-refractivity contribution in [2.45, 2.75) is 63.3 Å². The van der Waals surface area contributed by atoms with Crippen molar-refractivity contribution in [3.05, 3.63) is 34.2 Å². The van der Waals surface area contributed by atoms with E-state index < -0.39 is 0 Å². The third kappa shape index (κ3) is 3.23. The van der Waals surface area contributed by atoms with Gasteiger partial charge in [-0.15, -0.1) is 0 Å². The minimum Gasteiger partial charge on any atom is -0.306 e. The van der Waals surface area contributed by atoms with Crippen LogP contribution >= 0.6 is 0 Å². The Hall–Kier alpha value is -1.55. The van der Waals surface area contributed by atoms with Crippen molar-refractivity contribution >= 4 is 11.0 Å². The van der Waals surface area contributed by atoms with E-state index in [1.165, 1.54) is 70.0 Å². The van der Waals surface area contributed by atoms with Gasteiger partial charge in [0.1, 0.15) is 0 Å². The van der Waals surface area contributed by atoms with Crippen LogP contribution in [-0.2, 0) is 0 Å². The highest BCUT2D eigenvalue weighted by Crippen LogP contribution is 2.32. The number of aromatic nitrogens is 2. The van der Waals surface area contributed by atoms with Crippen molar-refractivity contribution in [1.82, 2.24) is 14.9 Å². The maximum Gasteiger partial charge on any atom is 0.323 e. The molecule has 4 heteroatoms. The van der Waals surface area contributed by atoms with E-state index in [1.807, 2.05) is 6.07 Å². The maximum absolute atomic E-state index is 11.4. The molecule has 0 atom stereocenters. The number of fused-ring (bicyclic) bond motifs is 1. The summed E-state index contributed by atoms with van der Waals surface area (Å²) in [5.41, 5.74) is 3.13. The van der Waals surface area contributed by atoms with Crippen molar-refractivity contribution in [2.75, 3.05) is 13.1 Å². The largest absolute Gasteiger partial charge is 0.323 e. The molecule has 0 amide bonds. The van der Waals surface area contributed by atoms with Crippen molar-refractivity contribution in [3.63, 3.8) is 0 Å². The minimum atomic E-state index is -0.111. The lowest BCUT2D eigenvalue weighted by molar-refractivity contribution is 0.139. The molecule has 0 bridgehead atoms. The van der Waals surface area contributed by atoms with Crippen LogP contribution in [0.2, 0.25) is 0 Å². The fraction of sp³-hybridized carbons (Fsp3) is 0.632. The number of nitrogens with zero attached hydrogens (tertiary/aromatic N) is 1. The normalized spacial score (nSPS) is 22.4. The van der Waals surface area contributed by atoms with E-state index >= 15 is 0 Å². The number of hydrogen-bond acceptors (Lipinski definition) is 2. The number of aromatic amines is 2. The van der Waals surface area contributed by atoms with Gasteiger partial charge < -0.3 is 14.9 Å². The third-order valence-electron chi connectivity index (χ3n) is 5.88. The molecular weight excluding hydrogens is 286 g/mol. The van der Waals surface area contributed by atoms with Crippen LogP contribution in [0.5, 0.6) is 0 Å². The molecule has 23 heavy (non-hydrogen) atoms. The highest BCUT2D eigenvalue weighted by molar-refractivity contribution is 5.75. The molecule has 2 aliphatic rings. The molecule has 1 aliphatic carbocycles. The molecule has 2 aromatic rings. The van der Waals surface area contributed by atoms with E-state index in [9.17, 15) is 4.79 Å². The average Bonchev–Trinajstić information content (AvgIpc) is 2.77. The summed E-state index contributed by atoms with van der Waals surface area (Å²) in [5.74, 6) is 0.639. The van der Waals surface area contributed by atoms with Crippen molar-refractivity contribution in [2.24, 2.45) is 0 Å². The summed E-state index contributed by atoms with van der Waals surface area (Å²) >= 11 is 0. The first kappa shape index (κ1) is 15.0. The van der Waals surface area contributed by atoms with Gasteiger partial charge in [0.15, 0.2) is 0 Å². The first-order chi connectivity index (χ1) is 11.3. The predicted molar refractivity (Wildman–Crippen MR) is 94.0 cm³/mol. The molecule has 1 aromatic heterocycles. The van der Waals surface area contributed by atoms with Crippen LogP contribution < -0.4 is 5.69 Å². The van der Waals surface area contributed by atoms with E-state index in [0.717, 1.165) is 17.1 Å². The number of rotatable bonds is 2. The number of likely N-dealkylation sites (tertiary alicyclic amines) is 1. The molecule has 2 fully saturated rings. The number of imidazole rings is 1. The molecule has 2 heterocycles. The highest BCUT2D eigenvalue weighted by Gasteiger charge is 2.26. The fourth-order valence-corrected chi connectivity index (χ4v) is 4.53. The monoisotopic (exact) mass is 313 g/mol. The van der Waals surface area contributed by atoms with Gasteiger partial charge in [-0.1, -0.05) is 31.7 Å². The molecule has 1 saturated carbocycles. The van der Waals surface area contributed by atoms with Crippen LogP contribution in [0.15, 0.2) is 23.0 Å². The van der Waals surface area contributed by atoms with E-state index in [2.05, 4.69) is 27.0 Å². The molecule has 4 nitrogen and oxygen atoms in total. The smallest absolute Gasteiger partial charge is 0.306 e. The van der Waals surface area contributed by atoms with Gasteiger partial charge in [-0.25, -0.2) is 4.79 Å². The van der Waals surface area contributed by atoms with Gasteiger partial charge >= 0.3 is 5.69 Å². The number of piperidine rings is 1. The van der Waals surface area contributed by atoms with Crippen LogP contribution in [0.1, 0.15) is 62.8 Å². The zero-order valence-corrected chi connectivity index (χ0v) is 13.8. The van der Waals surface area contributed by atoms with E-state index in [-0.39, 0.29) is 5.69 Å². The molecule has 2 N–H and O–H groups in total. The summed E-state index contributed by atoms with van der Waals surface area (Å²) in [6.07, 6.45) is 11.0. The van der Waals surface area contributed by atoms with Crippen molar-refractivity contribution in [1.29, 1.82) is 0 Å². The summed E-state index contributed by atoms with van der Waals surface area (Å²) in [6, 6.07) is 7.24. The number of nitrogens with one attached hydrogen (secondary N) is 2. The predicted octanol–water partition coefficient (Wildman–Crippen LogP) is 3.76. The van der Waals surface area contributed by atoms with Crippen LogP contribution in [0, 0.1) is 0 Å². The van der Waals surface area contributed by atoms with E-state index in [0.29, 0.717) is 5.92 Å². The topological polar surface area (TPSA) is 51.9 Å². The van der Waals surface area contributed by atoms with Crippen LogP contribution in [0.3, 0.4) is 0 Å². The van der Waals surface area contributed by atoms with Gasteiger partial charge in [0.25, 0.3) is 0 Å². The van der Waals surface area contributed by atoms with Gasteiger partial charge in [-0.05, 0) is 62.4 Å². The molecule has 1 aromatic carbocycles. The van der Waals surface area contributed by atoms with Gasteiger partial charge in [-0.3, -0.25) is 0 Å². The zero-order valence-electron chi connectivity index (χ0n) is 13.8. The zero-order chi connectivity index (χ0) is 15.6. The second-order valence-electron chi connectivity index (χ2n) is 7.34. The highest BCUT2D eigenvalue weighted by atomic mass is 16.1. The Kier molecular flexibility index (Phi) is 4.25.